The molecule has 2 saturated heterocycles. The molecule has 2 aromatic carbocycles. The summed E-state index contributed by atoms with van der Waals surface area (Å²) < 4.78 is 15.7. The molecule has 1 aliphatic carbocycles. The van der Waals surface area contributed by atoms with E-state index in [1.165, 1.54) is 30.2 Å². The van der Waals surface area contributed by atoms with Gasteiger partial charge in [-0.1, -0.05) is 44.2 Å². The van der Waals surface area contributed by atoms with E-state index in [1.54, 1.807) is 0 Å². The molecule has 4 atom stereocenters. The Hall–Kier alpha value is -2.97. The molecule has 2 aliphatic heterocycles. The van der Waals surface area contributed by atoms with Crippen LogP contribution in [0.15, 0.2) is 48.7 Å². The van der Waals surface area contributed by atoms with Gasteiger partial charge in [-0.05, 0) is 66.7 Å². The van der Waals surface area contributed by atoms with Crippen molar-refractivity contribution in [1.82, 2.24) is 9.88 Å². The zero-order valence-electron chi connectivity index (χ0n) is 21.3. The van der Waals surface area contributed by atoms with Gasteiger partial charge in [0.1, 0.15) is 6.17 Å². The van der Waals surface area contributed by atoms with Crippen LogP contribution >= 0.6 is 0 Å². The topological polar surface area (TPSA) is 43.2 Å². The van der Waals surface area contributed by atoms with E-state index < -0.39 is 6.17 Å². The highest BCUT2D eigenvalue weighted by atomic mass is 19.1. The number of nitriles is 1. The molecule has 0 radical (unpaired) electrons. The number of hydrogen-bond donors (Lipinski definition) is 0. The number of benzene rings is 2. The van der Waals surface area contributed by atoms with Crippen LogP contribution in [0.4, 0.5) is 10.1 Å². The fourth-order valence-corrected chi connectivity index (χ4v) is 6.75. The summed E-state index contributed by atoms with van der Waals surface area (Å²) in [4.78, 5) is 9.67. The van der Waals surface area contributed by atoms with Gasteiger partial charge in [-0.15, -0.1) is 0 Å². The summed E-state index contributed by atoms with van der Waals surface area (Å²) in [7, 11) is 0. The third kappa shape index (κ3) is 4.37. The van der Waals surface area contributed by atoms with Crippen molar-refractivity contribution in [3.63, 3.8) is 0 Å². The third-order valence-corrected chi connectivity index (χ3v) is 8.44. The smallest absolute Gasteiger partial charge is 0.133 e. The zero-order chi connectivity index (χ0) is 24.8. The summed E-state index contributed by atoms with van der Waals surface area (Å²) >= 11 is 0. The summed E-state index contributed by atoms with van der Waals surface area (Å²) in [6.07, 6.45) is 5.65. The number of hydrogen-bond acceptors (Lipinski definition) is 4. The van der Waals surface area contributed by atoms with Crippen LogP contribution in [0.2, 0.25) is 0 Å². The van der Waals surface area contributed by atoms with Gasteiger partial charge >= 0.3 is 0 Å². The summed E-state index contributed by atoms with van der Waals surface area (Å²) in [6, 6.07) is 16.4. The number of para-hydroxylation sites is 1. The Kier molecular flexibility index (Phi) is 6.17. The quantitative estimate of drug-likeness (QED) is 0.423. The van der Waals surface area contributed by atoms with Crippen molar-refractivity contribution in [3.05, 3.63) is 59.8 Å². The van der Waals surface area contributed by atoms with Gasteiger partial charge in [-0.25, -0.2) is 4.39 Å². The average molecular weight is 483 g/mol. The molecule has 1 saturated carbocycles. The molecule has 0 amide bonds. The lowest BCUT2D eigenvalue weighted by Crippen LogP contribution is -2.56. The minimum absolute atomic E-state index is 0.0345. The average Bonchev–Trinajstić information content (AvgIpc) is 3.72. The molecule has 3 heterocycles. The highest BCUT2D eigenvalue weighted by Gasteiger charge is 2.38. The number of halogens is 1. The van der Waals surface area contributed by atoms with Crippen molar-refractivity contribution in [2.75, 3.05) is 31.1 Å². The van der Waals surface area contributed by atoms with E-state index in [-0.39, 0.29) is 6.04 Å². The van der Waals surface area contributed by atoms with Crippen molar-refractivity contribution < 1.29 is 4.39 Å². The predicted octanol–water partition coefficient (Wildman–Crippen LogP) is 6.55. The van der Waals surface area contributed by atoms with Crippen LogP contribution in [0, 0.1) is 23.2 Å². The minimum Gasteiger partial charge on any atom is -0.367 e. The van der Waals surface area contributed by atoms with E-state index >= 15 is 4.39 Å². The molecule has 0 bridgehead atoms. The lowest BCUT2D eigenvalue weighted by atomic mass is 9.88. The third-order valence-electron chi connectivity index (χ3n) is 8.44. The van der Waals surface area contributed by atoms with Crippen molar-refractivity contribution in [1.29, 1.82) is 5.26 Å². The first-order valence-electron chi connectivity index (χ1n) is 13.6. The van der Waals surface area contributed by atoms with Crippen LogP contribution in [0.25, 0.3) is 22.0 Å². The second-order valence-electron chi connectivity index (χ2n) is 11.4. The van der Waals surface area contributed by atoms with Crippen molar-refractivity contribution >= 4 is 16.6 Å². The molecule has 3 aliphatic rings. The molecular weight excluding hydrogens is 447 g/mol. The van der Waals surface area contributed by atoms with Crippen LogP contribution in [-0.2, 0) is 0 Å². The van der Waals surface area contributed by atoms with Crippen molar-refractivity contribution in [2.24, 2.45) is 11.8 Å². The van der Waals surface area contributed by atoms with Crippen molar-refractivity contribution in [2.45, 2.75) is 57.7 Å². The molecule has 1 aromatic heterocycles. The fourth-order valence-electron chi connectivity index (χ4n) is 6.75. The van der Waals surface area contributed by atoms with Gasteiger partial charge in [0.2, 0.25) is 0 Å². The Morgan fingerprint density at radius 2 is 1.72 bits per heavy atom. The molecule has 3 fully saturated rings. The Bertz CT molecular complexity index is 1280. The molecule has 186 valence electrons. The van der Waals surface area contributed by atoms with Gasteiger partial charge in [0.25, 0.3) is 0 Å². The van der Waals surface area contributed by atoms with E-state index in [0.717, 1.165) is 48.4 Å². The van der Waals surface area contributed by atoms with Gasteiger partial charge < -0.3 is 4.90 Å². The maximum atomic E-state index is 15.7. The molecule has 36 heavy (non-hydrogen) atoms. The lowest BCUT2D eigenvalue weighted by molar-refractivity contribution is 0.0400. The molecule has 0 spiro atoms. The minimum atomic E-state index is -0.844. The molecular formula is C31H35FN4. The normalized spacial score (nSPS) is 27.2. The van der Waals surface area contributed by atoms with E-state index in [4.69, 9.17) is 10.2 Å². The molecule has 5 heteroatoms. The Labute approximate surface area is 213 Å². The van der Waals surface area contributed by atoms with Crippen LogP contribution in [-0.4, -0.2) is 48.3 Å². The van der Waals surface area contributed by atoms with Crippen molar-refractivity contribution in [3.8, 4) is 17.2 Å². The number of nitrogens with zero attached hydrogens (tertiary/aromatic N) is 4. The first kappa shape index (κ1) is 23.4. The Balaban J connectivity index is 1.31. The summed E-state index contributed by atoms with van der Waals surface area (Å²) in [5.41, 5.74) is 6.28. The second-order valence-corrected chi connectivity index (χ2v) is 11.4. The molecule has 0 N–H and O–H groups in total. The number of pyridine rings is 1. The van der Waals surface area contributed by atoms with Crippen LogP contribution in [0.5, 0.6) is 0 Å². The number of likely N-dealkylation sites (tertiary alicyclic amines) is 1. The Morgan fingerprint density at radius 3 is 2.39 bits per heavy atom. The first-order valence-corrected chi connectivity index (χ1v) is 13.6. The number of anilines is 1. The number of aromatic nitrogens is 1. The largest absolute Gasteiger partial charge is 0.367 e. The van der Waals surface area contributed by atoms with E-state index in [2.05, 4.69) is 47.9 Å². The number of fused-ring (bicyclic) bond motifs is 1. The monoisotopic (exact) mass is 482 g/mol. The SMILES string of the molecule is CC1CC(C)CN(C2CCN(c3cnc4c(-c5ccc(C#N)cc5)cccc4c3C3CC3)CC2F)C1. The Morgan fingerprint density at radius 1 is 0.972 bits per heavy atom. The standard InChI is InChI=1S/C31H35FN4/c1-20-14-21(2)18-36(17-20)28-12-13-35(19-27(28)32)29-16-34-31-25(23-8-6-22(15-33)7-9-23)4-3-5-26(31)30(29)24-10-11-24/h3-9,16,20-21,24,27-28H,10-14,17-19H2,1-2H3. The fraction of sp³-hybridized carbons (Fsp3) is 0.484. The molecule has 4 unspecified atom stereocenters. The maximum absolute atomic E-state index is 15.7. The van der Waals surface area contributed by atoms with Gasteiger partial charge in [-0.3, -0.25) is 9.88 Å². The van der Waals surface area contributed by atoms with Gasteiger partial charge in [-0.2, -0.15) is 5.26 Å². The number of alkyl halides is 1. The van der Waals surface area contributed by atoms with E-state index in [1.807, 2.05) is 30.5 Å². The first-order chi connectivity index (χ1) is 17.5. The second kappa shape index (κ2) is 9.48. The molecule has 6 rings (SSSR count). The van der Waals surface area contributed by atoms with Gasteiger partial charge in [0.05, 0.1) is 35.6 Å². The zero-order valence-corrected chi connectivity index (χ0v) is 21.3. The molecule has 3 aromatic rings. The molecule has 4 nitrogen and oxygen atoms in total. The number of rotatable bonds is 4. The van der Waals surface area contributed by atoms with Gasteiger partial charge in [0, 0.05) is 36.6 Å². The highest BCUT2D eigenvalue weighted by molar-refractivity contribution is 5.98. The lowest BCUT2D eigenvalue weighted by Gasteiger charge is -2.45. The van der Waals surface area contributed by atoms with E-state index in [0.29, 0.717) is 29.9 Å². The summed E-state index contributed by atoms with van der Waals surface area (Å²) in [6.45, 7) is 8.00. The van der Waals surface area contributed by atoms with Gasteiger partial charge in [0.15, 0.2) is 0 Å². The van der Waals surface area contributed by atoms with E-state index in [9.17, 15) is 0 Å². The maximum Gasteiger partial charge on any atom is 0.133 e. The summed E-state index contributed by atoms with van der Waals surface area (Å²) in [5, 5.41) is 10.4. The number of piperidine rings is 2. The van der Waals surface area contributed by atoms with Crippen LogP contribution in [0.3, 0.4) is 0 Å². The van der Waals surface area contributed by atoms with Crippen LogP contribution in [0.1, 0.15) is 56.6 Å². The van der Waals surface area contributed by atoms with Crippen LogP contribution < -0.4 is 4.90 Å². The summed E-state index contributed by atoms with van der Waals surface area (Å²) in [5.74, 6) is 1.83. The predicted molar refractivity (Wildman–Crippen MR) is 144 cm³/mol. The highest BCUT2D eigenvalue weighted by Crippen LogP contribution is 2.48.